The van der Waals surface area contributed by atoms with Crippen molar-refractivity contribution < 1.29 is 17.9 Å². The minimum Gasteiger partial charge on any atom is -0.381 e. The third-order valence-electron chi connectivity index (χ3n) is 3.38. The van der Waals surface area contributed by atoms with Crippen LogP contribution < -0.4 is 11.1 Å². The molecule has 1 atom stereocenters. The first-order valence-electron chi connectivity index (χ1n) is 6.42. The van der Waals surface area contributed by atoms with E-state index in [1.54, 1.807) is 0 Å². The number of nitrogens with one attached hydrogen (secondary N) is 1. The standard InChI is InChI=1S/C12H17F3N4O/c1-7(8-2-4-20-5-3-8)17-10-6-9(12(13,14)15)18-11(16)19-10/h6-8H,2-5H2,1H3,(H3,16,17,18,19). The Kier molecular flexibility index (Phi) is 4.32. The number of nitrogen functional groups attached to an aromatic ring is 1. The van der Waals surface area contributed by atoms with E-state index >= 15 is 0 Å². The molecule has 112 valence electrons. The quantitative estimate of drug-likeness (QED) is 0.893. The zero-order valence-electron chi connectivity index (χ0n) is 11.1. The highest BCUT2D eigenvalue weighted by molar-refractivity contribution is 5.42. The van der Waals surface area contributed by atoms with Crippen molar-refractivity contribution in [1.82, 2.24) is 9.97 Å². The summed E-state index contributed by atoms with van der Waals surface area (Å²) in [6.45, 7) is 3.27. The number of aromatic nitrogens is 2. The van der Waals surface area contributed by atoms with Gasteiger partial charge < -0.3 is 15.8 Å². The molecule has 1 aromatic heterocycles. The molecule has 3 N–H and O–H groups in total. The van der Waals surface area contributed by atoms with Crippen LogP contribution in [0.3, 0.4) is 0 Å². The number of anilines is 2. The van der Waals surface area contributed by atoms with Crippen LogP contribution in [-0.2, 0) is 10.9 Å². The van der Waals surface area contributed by atoms with Gasteiger partial charge in [0.2, 0.25) is 5.95 Å². The first-order chi connectivity index (χ1) is 9.36. The predicted octanol–water partition coefficient (Wildman–Crippen LogP) is 2.30. The summed E-state index contributed by atoms with van der Waals surface area (Å²) in [6.07, 6.45) is -2.78. The molecule has 1 unspecified atom stereocenters. The van der Waals surface area contributed by atoms with Gasteiger partial charge in [-0.05, 0) is 25.7 Å². The van der Waals surface area contributed by atoms with Gasteiger partial charge in [-0.2, -0.15) is 18.2 Å². The molecule has 1 aromatic rings. The van der Waals surface area contributed by atoms with Gasteiger partial charge in [-0.25, -0.2) is 4.98 Å². The van der Waals surface area contributed by atoms with E-state index in [9.17, 15) is 13.2 Å². The Bertz CT molecular complexity index is 461. The number of hydrogen-bond acceptors (Lipinski definition) is 5. The third-order valence-corrected chi connectivity index (χ3v) is 3.38. The molecule has 0 saturated carbocycles. The Balaban J connectivity index is 2.10. The predicted molar refractivity (Wildman–Crippen MR) is 68.1 cm³/mol. The Labute approximate surface area is 114 Å². The van der Waals surface area contributed by atoms with Crippen molar-refractivity contribution in [3.8, 4) is 0 Å². The van der Waals surface area contributed by atoms with Gasteiger partial charge in [0.05, 0.1) is 0 Å². The Morgan fingerprint density at radius 1 is 1.35 bits per heavy atom. The average molecular weight is 290 g/mol. The van der Waals surface area contributed by atoms with Gasteiger partial charge in [0, 0.05) is 25.3 Å². The van der Waals surface area contributed by atoms with E-state index in [0.717, 1.165) is 18.9 Å². The largest absolute Gasteiger partial charge is 0.433 e. The second-order valence-corrected chi connectivity index (χ2v) is 4.88. The molecule has 0 aliphatic carbocycles. The lowest BCUT2D eigenvalue weighted by Gasteiger charge is -2.28. The fourth-order valence-corrected chi connectivity index (χ4v) is 2.25. The Hall–Kier alpha value is -1.57. The van der Waals surface area contributed by atoms with Gasteiger partial charge in [0.15, 0.2) is 5.69 Å². The van der Waals surface area contributed by atoms with Gasteiger partial charge in [-0.1, -0.05) is 0 Å². The summed E-state index contributed by atoms with van der Waals surface area (Å²) in [5.74, 6) is 0.0552. The second kappa shape index (κ2) is 5.82. The van der Waals surface area contributed by atoms with Crippen LogP contribution in [0, 0.1) is 5.92 Å². The van der Waals surface area contributed by atoms with Gasteiger partial charge in [-0.3, -0.25) is 0 Å². The number of ether oxygens (including phenoxy) is 1. The van der Waals surface area contributed by atoms with Crippen LogP contribution in [0.5, 0.6) is 0 Å². The second-order valence-electron chi connectivity index (χ2n) is 4.88. The van der Waals surface area contributed by atoms with E-state index in [1.165, 1.54) is 0 Å². The summed E-state index contributed by atoms with van der Waals surface area (Å²) >= 11 is 0. The molecular formula is C12H17F3N4O. The summed E-state index contributed by atoms with van der Waals surface area (Å²) in [5, 5.41) is 2.98. The molecule has 1 fully saturated rings. The summed E-state index contributed by atoms with van der Waals surface area (Å²) in [4.78, 5) is 7.01. The zero-order chi connectivity index (χ0) is 14.8. The molecule has 2 heterocycles. The maximum absolute atomic E-state index is 12.6. The highest BCUT2D eigenvalue weighted by atomic mass is 19.4. The SMILES string of the molecule is CC(Nc1cc(C(F)(F)F)nc(N)n1)C1CCOCC1. The van der Waals surface area contributed by atoms with Crippen LogP contribution in [0.4, 0.5) is 24.9 Å². The van der Waals surface area contributed by atoms with Crippen molar-refractivity contribution >= 4 is 11.8 Å². The fourth-order valence-electron chi connectivity index (χ4n) is 2.25. The van der Waals surface area contributed by atoms with Crippen LogP contribution in [-0.4, -0.2) is 29.2 Å². The van der Waals surface area contributed by atoms with Gasteiger partial charge in [0.25, 0.3) is 0 Å². The smallest absolute Gasteiger partial charge is 0.381 e. The zero-order valence-corrected chi connectivity index (χ0v) is 11.1. The summed E-state index contributed by atoms with van der Waals surface area (Å²) in [5.41, 5.74) is 4.29. The molecule has 0 spiro atoms. The van der Waals surface area contributed by atoms with E-state index in [2.05, 4.69) is 15.3 Å². The van der Waals surface area contributed by atoms with E-state index in [0.29, 0.717) is 19.1 Å². The van der Waals surface area contributed by atoms with Gasteiger partial charge in [-0.15, -0.1) is 0 Å². The number of halogens is 3. The monoisotopic (exact) mass is 290 g/mol. The van der Waals surface area contributed by atoms with Crippen molar-refractivity contribution in [2.24, 2.45) is 5.92 Å². The molecule has 0 aromatic carbocycles. The minimum atomic E-state index is -4.53. The minimum absolute atomic E-state index is 0.00529. The van der Waals surface area contributed by atoms with Crippen LogP contribution in [0.2, 0.25) is 0 Å². The lowest BCUT2D eigenvalue weighted by atomic mass is 9.93. The van der Waals surface area contributed by atoms with Crippen LogP contribution in [0.25, 0.3) is 0 Å². The topological polar surface area (TPSA) is 73.1 Å². The molecule has 1 aliphatic heterocycles. The molecule has 0 amide bonds. The number of nitrogens with two attached hydrogens (primary N) is 1. The number of nitrogens with zero attached hydrogens (tertiary/aromatic N) is 2. The van der Waals surface area contributed by atoms with E-state index in [-0.39, 0.29) is 17.8 Å². The lowest BCUT2D eigenvalue weighted by molar-refractivity contribution is -0.141. The molecule has 5 nitrogen and oxygen atoms in total. The van der Waals surface area contributed by atoms with E-state index < -0.39 is 11.9 Å². The number of alkyl halides is 3. The molecule has 8 heteroatoms. The van der Waals surface area contributed by atoms with Crippen molar-refractivity contribution in [3.05, 3.63) is 11.8 Å². The maximum atomic E-state index is 12.6. The molecule has 1 saturated heterocycles. The van der Waals surface area contributed by atoms with Crippen molar-refractivity contribution in [3.63, 3.8) is 0 Å². The van der Waals surface area contributed by atoms with Crippen molar-refractivity contribution in [2.45, 2.75) is 32.0 Å². The number of hydrogen-bond donors (Lipinski definition) is 2. The molecular weight excluding hydrogens is 273 g/mol. The summed E-state index contributed by atoms with van der Waals surface area (Å²) in [6, 6.07) is 0.876. The highest BCUT2D eigenvalue weighted by Gasteiger charge is 2.33. The normalized spacial score (nSPS) is 18.8. The first kappa shape index (κ1) is 14.8. The average Bonchev–Trinajstić information content (AvgIpc) is 2.38. The molecule has 0 bridgehead atoms. The van der Waals surface area contributed by atoms with Gasteiger partial charge in [0.1, 0.15) is 5.82 Å². The molecule has 20 heavy (non-hydrogen) atoms. The van der Waals surface area contributed by atoms with Crippen molar-refractivity contribution in [2.75, 3.05) is 24.3 Å². The summed E-state index contributed by atoms with van der Waals surface area (Å²) < 4.78 is 43.2. The molecule has 2 rings (SSSR count). The lowest BCUT2D eigenvalue weighted by Crippen LogP contribution is -2.31. The Morgan fingerprint density at radius 3 is 2.60 bits per heavy atom. The Morgan fingerprint density at radius 2 is 2.00 bits per heavy atom. The molecule has 0 radical (unpaired) electrons. The third kappa shape index (κ3) is 3.72. The van der Waals surface area contributed by atoms with Crippen LogP contribution in [0.15, 0.2) is 6.07 Å². The van der Waals surface area contributed by atoms with Crippen LogP contribution >= 0.6 is 0 Å². The van der Waals surface area contributed by atoms with E-state index in [4.69, 9.17) is 10.5 Å². The van der Waals surface area contributed by atoms with E-state index in [1.807, 2.05) is 6.92 Å². The van der Waals surface area contributed by atoms with Crippen LogP contribution in [0.1, 0.15) is 25.5 Å². The molecule has 1 aliphatic rings. The summed E-state index contributed by atoms with van der Waals surface area (Å²) in [7, 11) is 0. The first-order valence-corrected chi connectivity index (χ1v) is 6.42. The van der Waals surface area contributed by atoms with Crippen molar-refractivity contribution in [1.29, 1.82) is 0 Å². The maximum Gasteiger partial charge on any atom is 0.433 e. The highest BCUT2D eigenvalue weighted by Crippen LogP contribution is 2.30. The number of rotatable bonds is 3. The fraction of sp³-hybridized carbons (Fsp3) is 0.667. The van der Waals surface area contributed by atoms with Gasteiger partial charge >= 0.3 is 6.18 Å².